The second-order valence-corrected chi connectivity index (χ2v) is 16.5. The van der Waals surface area contributed by atoms with Crippen LogP contribution in [-0.4, -0.2) is 4.98 Å². The summed E-state index contributed by atoms with van der Waals surface area (Å²) in [6.45, 7) is 0. The first-order valence-electron chi connectivity index (χ1n) is 18.9. The number of hydrogen-bond donors (Lipinski definition) is 0. The molecule has 1 nitrogen and oxygen atoms in total. The summed E-state index contributed by atoms with van der Waals surface area (Å²) >= 11 is 3.72. The monoisotopic (exact) mass is 747 g/mol. The molecular formula is C53H33NS2. The molecule has 0 atom stereocenters. The Morgan fingerprint density at radius 3 is 1.21 bits per heavy atom. The summed E-state index contributed by atoms with van der Waals surface area (Å²) in [5.74, 6) is 0. The lowest BCUT2D eigenvalue weighted by Gasteiger charge is -2.12. The smallest absolute Gasteiger partial charge is 0.0715 e. The molecule has 0 radical (unpaired) electrons. The molecule has 0 aliphatic rings. The topological polar surface area (TPSA) is 12.9 Å². The van der Waals surface area contributed by atoms with Crippen molar-refractivity contribution in [2.45, 2.75) is 0 Å². The molecule has 0 saturated heterocycles. The number of thiophene rings is 2. The second-order valence-electron chi connectivity index (χ2n) is 14.3. The van der Waals surface area contributed by atoms with Gasteiger partial charge in [0.1, 0.15) is 0 Å². The highest BCUT2D eigenvalue weighted by Crippen LogP contribution is 2.39. The minimum absolute atomic E-state index is 0.957. The molecule has 8 aromatic carbocycles. The molecule has 11 aromatic rings. The van der Waals surface area contributed by atoms with E-state index in [-0.39, 0.29) is 0 Å². The maximum Gasteiger partial charge on any atom is 0.0715 e. The molecule has 56 heavy (non-hydrogen) atoms. The molecule has 0 aliphatic heterocycles. The molecule has 0 amide bonds. The maximum atomic E-state index is 5.25. The first kappa shape index (κ1) is 32.8. The van der Waals surface area contributed by atoms with Crippen LogP contribution in [0, 0.1) is 0 Å². The molecule has 0 spiro atoms. The van der Waals surface area contributed by atoms with Gasteiger partial charge in [-0.15, -0.1) is 22.7 Å². The van der Waals surface area contributed by atoms with Crippen molar-refractivity contribution in [3.8, 4) is 67.0 Å². The lowest BCUT2D eigenvalue weighted by molar-refractivity contribution is 1.32. The van der Waals surface area contributed by atoms with Gasteiger partial charge in [-0.1, -0.05) is 146 Å². The first-order chi connectivity index (χ1) is 27.7. The Morgan fingerprint density at radius 2 is 0.625 bits per heavy atom. The van der Waals surface area contributed by atoms with Gasteiger partial charge in [-0.05, 0) is 99.1 Å². The summed E-state index contributed by atoms with van der Waals surface area (Å²) in [5, 5.41) is 5.29. The van der Waals surface area contributed by atoms with Crippen LogP contribution in [-0.2, 0) is 0 Å². The van der Waals surface area contributed by atoms with E-state index in [1.807, 2.05) is 22.7 Å². The van der Waals surface area contributed by atoms with Crippen LogP contribution in [0.25, 0.3) is 107 Å². The first-order valence-corrected chi connectivity index (χ1v) is 20.6. The molecule has 3 aromatic heterocycles. The Labute approximate surface area is 333 Å². The fourth-order valence-corrected chi connectivity index (χ4v) is 10.2. The van der Waals surface area contributed by atoms with Crippen molar-refractivity contribution in [1.29, 1.82) is 0 Å². The normalized spacial score (nSPS) is 11.6. The van der Waals surface area contributed by atoms with E-state index in [0.717, 1.165) is 33.6 Å². The Morgan fingerprint density at radius 1 is 0.232 bits per heavy atom. The average molecular weight is 748 g/mol. The molecule has 3 heterocycles. The van der Waals surface area contributed by atoms with Gasteiger partial charge in [0, 0.05) is 51.5 Å². The highest BCUT2D eigenvalue weighted by atomic mass is 32.1. The fourth-order valence-electron chi connectivity index (χ4n) is 7.98. The third kappa shape index (κ3) is 5.90. The van der Waals surface area contributed by atoms with E-state index < -0.39 is 0 Å². The highest BCUT2D eigenvalue weighted by Gasteiger charge is 2.13. The minimum atomic E-state index is 0.957. The van der Waals surface area contributed by atoms with Gasteiger partial charge in [0.15, 0.2) is 0 Å². The summed E-state index contributed by atoms with van der Waals surface area (Å²) in [6, 6.07) is 72.8. The van der Waals surface area contributed by atoms with E-state index in [2.05, 4.69) is 200 Å². The Kier molecular flexibility index (Phi) is 7.94. The van der Waals surface area contributed by atoms with E-state index in [4.69, 9.17) is 4.98 Å². The van der Waals surface area contributed by atoms with E-state index in [1.54, 1.807) is 0 Å². The van der Waals surface area contributed by atoms with Crippen molar-refractivity contribution >= 4 is 63.0 Å². The van der Waals surface area contributed by atoms with Gasteiger partial charge in [0.25, 0.3) is 0 Å². The minimum Gasteiger partial charge on any atom is -0.248 e. The fraction of sp³-hybridized carbons (Fsp3) is 0. The quantitative estimate of drug-likeness (QED) is 0.165. The number of hydrogen-bond acceptors (Lipinski definition) is 3. The van der Waals surface area contributed by atoms with Crippen LogP contribution < -0.4 is 0 Å². The standard InChI is InChI=1S/C53H33NS2/c1-2-9-38(10-3-1)48-32-43(33-49(54-48)42-12-8-11-39(29-42)41-26-28-53-47(31-41)45-14-5-7-16-51(45)56-53)37-23-19-35(20-24-37)34-17-21-36(22-18-34)40-25-27-52-46(30-40)44-13-4-6-15-50(44)55-52/h1-33H. The predicted molar refractivity (Wildman–Crippen MR) is 243 cm³/mol. The molecule has 0 bridgehead atoms. The van der Waals surface area contributed by atoms with Crippen LogP contribution in [0.3, 0.4) is 0 Å². The zero-order valence-electron chi connectivity index (χ0n) is 30.3. The largest absolute Gasteiger partial charge is 0.248 e. The number of nitrogens with zero attached hydrogens (tertiary/aromatic N) is 1. The van der Waals surface area contributed by atoms with Gasteiger partial charge < -0.3 is 0 Å². The zero-order chi connectivity index (χ0) is 37.0. The molecular weight excluding hydrogens is 715 g/mol. The maximum absolute atomic E-state index is 5.25. The van der Waals surface area contributed by atoms with Crippen LogP contribution in [0.2, 0.25) is 0 Å². The van der Waals surface area contributed by atoms with Gasteiger partial charge in [0.05, 0.1) is 11.4 Å². The van der Waals surface area contributed by atoms with Crippen molar-refractivity contribution in [2.24, 2.45) is 0 Å². The van der Waals surface area contributed by atoms with Gasteiger partial charge in [0.2, 0.25) is 0 Å². The third-order valence-electron chi connectivity index (χ3n) is 10.9. The SMILES string of the molecule is c1ccc(-c2cc(-c3ccc(-c4ccc(-c5ccc6sc7ccccc7c6c5)cc4)cc3)cc(-c3cccc(-c4ccc5sc6ccccc6c5c4)c3)n2)cc1. The van der Waals surface area contributed by atoms with E-state index in [1.165, 1.54) is 73.7 Å². The summed E-state index contributed by atoms with van der Waals surface area (Å²) in [4.78, 5) is 5.25. The van der Waals surface area contributed by atoms with Gasteiger partial charge >= 0.3 is 0 Å². The van der Waals surface area contributed by atoms with Crippen molar-refractivity contribution in [3.05, 3.63) is 200 Å². The van der Waals surface area contributed by atoms with E-state index >= 15 is 0 Å². The van der Waals surface area contributed by atoms with E-state index in [0.29, 0.717) is 0 Å². The highest BCUT2D eigenvalue weighted by molar-refractivity contribution is 7.26. The number of fused-ring (bicyclic) bond motifs is 6. The van der Waals surface area contributed by atoms with Gasteiger partial charge in [-0.3, -0.25) is 0 Å². The molecule has 0 aliphatic carbocycles. The molecule has 11 rings (SSSR count). The van der Waals surface area contributed by atoms with Crippen molar-refractivity contribution in [2.75, 3.05) is 0 Å². The Bertz CT molecular complexity index is 3230. The van der Waals surface area contributed by atoms with Crippen molar-refractivity contribution < 1.29 is 0 Å². The zero-order valence-corrected chi connectivity index (χ0v) is 31.9. The van der Waals surface area contributed by atoms with E-state index in [9.17, 15) is 0 Å². The summed E-state index contributed by atoms with van der Waals surface area (Å²) in [6.07, 6.45) is 0. The third-order valence-corrected chi connectivity index (χ3v) is 13.2. The molecule has 0 saturated carbocycles. The average Bonchev–Trinajstić information content (AvgIpc) is 3.84. The predicted octanol–water partition coefficient (Wildman–Crippen LogP) is 15.8. The lowest BCUT2D eigenvalue weighted by Crippen LogP contribution is -1.92. The number of aromatic nitrogens is 1. The summed E-state index contributed by atoms with van der Waals surface area (Å²) in [5.41, 5.74) is 13.7. The van der Waals surface area contributed by atoms with Gasteiger partial charge in [-0.2, -0.15) is 0 Å². The Hall–Kier alpha value is -6.65. The van der Waals surface area contributed by atoms with Crippen LogP contribution in [0.4, 0.5) is 0 Å². The van der Waals surface area contributed by atoms with Crippen molar-refractivity contribution in [1.82, 2.24) is 4.98 Å². The lowest BCUT2D eigenvalue weighted by atomic mass is 9.95. The van der Waals surface area contributed by atoms with Crippen LogP contribution in [0.5, 0.6) is 0 Å². The molecule has 0 fully saturated rings. The summed E-state index contributed by atoms with van der Waals surface area (Å²) < 4.78 is 5.31. The van der Waals surface area contributed by atoms with Gasteiger partial charge in [-0.25, -0.2) is 4.98 Å². The second kappa shape index (κ2) is 13.6. The van der Waals surface area contributed by atoms with Crippen LogP contribution >= 0.6 is 22.7 Å². The van der Waals surface area contributed by atoms with Crippen LogP contribution in [0.15, 0.2) is 200 Å². The molecule has 0 unspecified atom stereocenters. The number of pyridine rings is 1. The number of rotatable bonds is 6. The number of benzene rings is 8. The molecule has 3 heteroatoms. The Balaban J connectivity index is 0.921. The van der Waals surface area contributed by atoms with Crippen molar-refractivity contribution in [3.63, 3.8) is 0 Å². The molecule has 0 N–H and O–H groups in total. The van der Waals surface area contributed by atoms with Crippen LogP contribution in [0.1, 0.15) is 0 Å². The summed E-state index contributed by atoms with van der Waals surface area (Å²) in [7, 11) is 0. The molecule has 262 valence electrons.